The Kier molecular flexibility index (Phi) is 5.75. The number of benzene rings is 1. The van der Waals surface area contributed by atoms with Gasteiger partial charge in [0.25, 0.3) is 0 Å². The van der Waals surface area contributed by atoms with Gasteiger partial charge in [0, 0.05) is 11.3 Å². The van der Waals surface area contributed by atoms with Crippen LogP contribution < -0.4 is 11.1 Å². The lowest BCUT2D eigenvalue weighted by atomic mass is 10.2. The summed E-state index contributed by atoms with van der Waals surface area (Å²) in [6, 6.07) is 7.23. The predicted octanol–water partition coefficient (Wildman–Crippen LogP) is 2.20. The van der Waals surface area contributed by atoms with Crippen LogP contribution in [0.5, 0.6) is 0 Å². The first kappa shape index (κ1) is 14.1. The molecule has 0 spiro atoms. The maximum Gasteiger partial charge on any atom is 0.411 e. The second kappa shape index (κ2) is 7.36. The van der Waals surface area contributed by atoms with Gasteiger partial charge in [-0.1, -0.05) is 31.8 Å². The Morgan fingerprint density at radius 1 is 1.50 bits per heavy atom. The number of carbonyl (C=O) groups is 1. The van der Waals surface area contributed by atoms with E-state index in [-0.39, 0.29) is 0 Å². The molecule has 18 heavy (non-hydrogen) atoms. The van der Waals surface area contributed by atoms with E-state index in [4.69, 9.17) is 10.5 Å². The molecule has 0 aliphatic carbocycles. The van der Waals surface area contributed by atoms with Gasteiger partial charge in [-0.05, 0) is 24.1 Å². The third-order valence-electron chi connectivity index (χ3n) is 1.99. The van der Waals surface area contributed by atoms with Crippen molar-refractivity contribution in [1.82, 2.24) is 0 Å². The van der Waals surface area contributed by atoms with Crippen molar-refractivity contribution in [2.45, 2.75) is 13.8 Å². The summed E-state index contributed by atoms with van der Waals surface area (Å²) >= 11 is 0. The molecule has 0 radical (unpaired) electrons. The molecule has 0 heterocycles. The Morgan fingerprint density at radius 3 is 2.94 bits per heavy atom. The van der Waals surface area contributed by atoms with Crippen LogP contribution in [0.25, 0.3) is 0 Å². The fraction of sp³-hybridized carbons (Fsp3) is 0.357. The van der Waals surface area contributed by atoms with Crippen molar-refractivity contribution in [1.29, 1.82) is 0 Å². The average molecular weight is 246 g/mol. The van der Waals surface area contributed by atoms with E-state index in [1.807, 2.05) is 26.0 Å². The molecule has 1 rings (SSSR count). The molecule has 0 aliphatic rings. The first-order valence-electron chi connectivity index (χ1n) is 5.84. The van der Waals surface area contributed by atoms with Gasteiger partial charge in [-0.2, -0.15) is 0 Å². The Bertz CT molecular complexity index is 458. The zero-order valence-corrected chi connectivity index (χ0v) is 10.7. The first-order chi connectivity index (χ1) is 8.61. The number of carbonyl (C=O) groups excluding carboxylic acids is 1. The number of hydrogen-bond donors (Lipinski definition) is 2. The van der Waals surface area contributed by atoms with Crippen molar-refractivity contribution in [3.05, 3.63) is 29.8 Å². The number of amides is 1. The summed E-state index contributed by atoms with van der Waals surface area (Å²) in [6.45, 7) is 4.68. The molecule has 0 unspecified atom stereocenters. The normalized spacial score (nSPS) is 9.56. The highest BCUT2D eigenvalue weighted by Gasteiger charge is 2.04. The summed E-state index contributed by atoms with van der Waals surface area (Å²) in [5.74, 6) is 5.98. The summed E-state index contributed by atoms with van der Waals surface area (Å²) in [5.41, 5.74) is 6.77. The van der Waals surface area contributed by atoms with Crippen LogP contribution in [0.4, 0.5) is 10.5 Å². The number of rotatable bonds is 3. The SMILES string of the molecule is CC(C)COC(=O)Nc1cccc(C#CCN)c1. The van der Waals surface area contributed by atoms with Gasteiger partial charge in [0.2, 0.25) is 0 Å². The summed E-state index contributed by atoms with van der Waals surface area (Å²) in [7, 11) is 0. The summed E-state index contributed by atoms with van der Waals surface area (Å²) < 4.78 is 5.02. The molecule has 0 saturated carbocycles. The average Bonchev–Trinajstić information content (AvgIpc) is 2.34. The van der Waals surface area contributed by atoms with Crippen LogP contribution >= 0.6 is 0 Å². The first-order valence-corrected chi connectivity index (χ1v) is 5.84. The number of ether oxygens (including phenoxy) is 1. The molecule has 1 amide bonds. The van der Waals surface area contributed by atoms with Crippen molar-refractivity contribution >= 4 is 11.8 Å². The van der Waals surface area contributed by atoms with Crippen LogP contribution in [-0.4, -0.2) is 19.2 Å². The summed E-state index contributed by atoms with van der Waals surface area (Å²) in [6.07, 6.45) is -0.451. The minimum Gasteiger partial charge on any atom is -0.449 e. The van der Waals surface area contributed by atoms with Crippen molar-refractivity contribution in [2.24, 2.45) is 11.7 Å². The zero-order chi connectivity index (χ0) is 13.4. The van der Waals surface area contributed by atoms with Crippen LogP contribution in [0.15, 0.2) is 24.3 Å². The van der Waals surface area contributed by atoms with Gasteiger partial charge < -0.3 is 10.5 Å². The molecule has 3 N–H and O–H groups in total. The lowest BCUT2D eigenvalue weighted by Gasteiger charge is -2.08. The van der Waals surface area contributed by atoms with Gasteiger partial charge in [0.05, 0.1) is 13.2 Å². The highest BCUT2D eigenvalue weighted by Crippen LogP contribution is 2.10. The molecule has 4 nitrogen and oxygen atoms in total. The zero-order valence-electron chi connectivity index (χ0n) is 10.7. The lowest BCUT2D eigenvalue weighted by molar-refractivity contribution is 0.147. The fourth-order valence-corrected chi connectivity index (χ4v) is 1.22. The van der Waals surface area contributed by atoms with E-state index >= 15 is 0 Å². The molecular formula is C14H18N2O2. The third kappa shape index (κ3) is 5.37. The third-order valence-corrected chi connectivity index (χ3v) is 1.99. The highest BCUT2D eigenvalue weighted by atomic mass is 16.5. The molecule has 4 heteroatoms. The largest absolute Gasteiger partial charge is 0.449 e. The van der Waals surface area contributed by atoms with E-state index in [1.54, 1.807) is 12.1 Å². The van der Waals surface area contributed by atoms with Crippen LogP contribution in [0, 0.1) is 17.8 Å². The van der Waals surface area contributed by atoms with Crippen molar-refractivity contribution in [3.63, 3.8) is 0 Å². The minimum atomic E-state index is -0.451. The Morgan fingerprint density at radius 2 is 2.28 bits per heavy atom. The van der Waals surface area contributed by atoms with Gasteiger partial charge in [-0.15, -0.1) is 0 Å². The van der Waals surface area contributed by atoms with Gasteiger partial charge in [0.1, 0.15) is 0 Å². The standard InChI is InChI=1S/C14H18N2O2/c1-11(2)10-18-14(17)16-13-7-3-5-12(9-13)6-4-8-15/h3,5,7,9,11H,8,10,15H2,1-2H3,(H,16,17). The molecule has 96 valence electrons. The lowest BCUT2D eigenvalue weighted by Crippen LogP contribution is -2.16. The number of anilines is 1. The fourth-order valence-electron chi connectivity index (χ4n) is 1.22. The van der Waals surface area contributed by atoms with Crippen molar-refractivity contribution in [3.8, 4) is 11.8 Å². The molecular weight excluding hydrogens is 228 g/mol. The van der Waals surface area contributed by atoms with Crippen molar-refractivity contribution < 1.29 is 9.53 Å². The van der Waals surface area contributed by atoms with E-state index in [0.29, 0.717) is 24.8 Å². The molecule has 0 fully saturated rings. The van der Waals surface area contributed by atoms with Gasteiger partial charge in [-0.3, -0.25) is 5.32 Å². The Balaban J connectivity index is 2.59. The number of hydrogen-bond acceptors (Lipinski definition) is 3. The van der Waals surface area contributed by atoms with Crippen LogP contribution in [0.2, 0.25) is 0 Å². The molecule has 0 aliphatic heterocycles. The van der Waals surface area contributed by atoms with Gasteiger partial charge in [0.15, 0.2) is 0 Å². The smallest absolute Gasteiger partial charge is 0.411 e. The summed E-state index contributed by atoms with van der Waals surface area (Å²) in [5, 5.41) is 2.65. The number of nitrogens with one attached hydrogen (secondary N) is 1. The van der Waals surface area contributed by atoms with Crippen LogP contribution in [-0.2, 0) is 4.74 Å². The van der Waals surface area contributed by atoms with Crippen LogP contribution in [0.1, 0.15) is 19.4 Å². The summed E-state index contributed by atoms with van der Waals surface area (Å²) in [4.78, 5) is 11.5. The topological polar surface area (TPSA) is 64.3 Å². The second-order valence-electron chi connectivity index (χ2n) is 4.20. The van der Waals surface area contributed by atoms with E-state index in [2.05, 4.69) is 17.2 Å². The van der Waals surface area contributed by atoms with E-state index in [0.717, 1.165) is 5.56 Å². The maximum atomic E-state index is 11.5. The van der Waals surface area contributed by atoms with Crippen molar-refractivity contribution in [2.75, 3.05) is 18.5 Å². The maximum absolute atomic E-state index is 11.5. The minimum absolute atomic E-state index is 0.314. The van der Waals surface area contributed by atoms with E-state index in [9.17, 15) is 4.79 Å². The van der Waals surface area contributed by atoms with E-state index < -0.39 is 6.09 Å². The second-order valence-corrected chi connectivity index (χ2v) is 4.20. The Hall–Kier alpha value is -1.99. The molecule has 0 bridgehead atoms. The highest BCUT2D eigenvalue weighted by molar-refractivity contribution is 5.84. The van der Waals surface area contributed by atoms with Crippen LogP contribution in [0.3, 0.4) is 0 Å². The Labute approximate surface area is 108 Å². The number of nitrogens with two attached hydrogens (primary N) is 1. The van der Waals surface area contributed by atoms with E-state index in [1.165, 1.54) is 0 Å². The molecule has 0 aromatic heterocycles. The quantitative estimate of drug-likeness (QED) is 0.804. The monoisotopic (exact) mass is 246 g/mol. The molecule has 1 aromatic rings. The molecule has 1 aromatic carbocycles. The molecule has 0 saturated heterocycles. The molecule has 0 atom stereocenters. The predicted molar refractivity (Wildman–Crippen MR) is 72.2 cm³/mol. The van der Waals surface area contributed by atoms with Gasteiger partial charge >= 0.3 is 6.09 Å². The van der Waals surface area contributed by atoms with Gasteiger partial charge in [-0.25, -0.2) is 4.79 Å².